The van der Waals surface area contributed by atoms with Gasteiger partial charge in [0.15, 0.2) is 15.8 Å². The number of hydrogen-bond donors (Lipinski definition) is 3. The van der Waals surface area contributed by atoms with Crippen molar-refractivity contribution < 1.29 is 18.3 Å². The SMILES string of the molecule is CCC(O)c1cc(S(C)(=O)=O)cc(C(=O)N=C(N)N)c1Cl. The molecule has 0 aliphatic carbocycles. The lowest BCUT2D eigenvalue weighted by Crippen LogP contribution is -2.24. The Hall–Kier alpha value is -1.64. The maximum atomic E-state index is 11.9. The minimum atomic E-state index is -3.60. The Balaban J connectivity index is 3.64. The zero-order chi connectivity index (χ0) is 16.4. The van der Waals surface area contributed by atoms with Gasteiger partial charge in [-0.15, -0.1) is 0 Å². The van der Waals surface area contributed by atoms with E-state index < -0.39 is 27.8 Å². The molecule has 1 aromatic rings. The molecule has 21 heavy (non-hydrogen) atoms. The summed E-state index contributed by atoms with van der Waals surface area (Å²) in [6.45, 7) is 1.69. The first kappa shape index (κ1) is 17.4. The van der Waals surface area contributed by atoms with Gasteiger partial charge in [0, 0.05) is 11.8 Å². The van der Waals surface area contributed by atoms with Crippen molar-refractivity contribution in [1.82, 2.24) is 0 Å². The van der Waals surface area contributed by atoms with Gasteiger partial charge < -0.3 is 16.6 Å². The third-order valence-electron chi connectivity index (χ3n) is 2.71. The summed E-state index contributed by atoms with van der Waals surface area (Å²) in [4.78, 5) is 15.1. The number of hydrogen-bond acceptors (Lipinski definition) is 4. The van der Waals surface area contributed by atoms with Crippen molar-refractivity contribution in [2.75, 3.05) is 6.26 Å². The van der Waals surface area contributed by atoms with Gasteiger partial charge in [-0.1, -0.05) is 18.5 Å². The van der Waals surface area contributed by atoms with E-state index in [0.717, 1.165) is 12.3 Å². The molecular weight excluding hydrogens is 318 g/mol. The van der Waals surface area contributed by atoms with Gasteiger partial charge in [0.2, 0.25) is 0 Å². The van der Waals surface area contributed by atoms with Crippen molar-refractivity contribution in [3.05, 3.63) is 28.3 Å². The molecule has 7 nitrogen and oxygen atoms in total. The largest absolute Gasteiger partial charge is 0.388 e. The summed E-state index contributed by atoms with van der Waals surface area (Å²) in [5.41, 5.74) is 10.2. The monoisotopic (exact) mass is 333 g/mol. The van der Waals surface area contributed by atoms with Crippen LogP contribution in [0.15, 0.2) is 22.0 Å². The zero-order valence-electron chi connectivity index (χ0n) is 11.5. The zero-order valence-corrected chi connectivity index (χ0v) is 13.1. The fourth-order valence-corrected chi connectivity index (χ4v) is 2.62. The van der Waals surface area contributed by atoms with Gasteiger partial charge >= 0.3 is 0 Å². The molecule has 1 aromatic carbocycles. The van der Waals surface area contributed by atoms with Crippen LogP contribution in [-0.4, -0.2) is 31.6 Å². The number of halogens is 1. The number of carbonyl (C=O) groups excluding carboxylic acids is 1. The number of nitrogens with two attached hydrogens (primary N) is 2. The Morgan fingerprint density at radius 1 is 1.43 bits per heavy atom. The summed E-state index contributed by atoms with van der Waals surface area (Å²) < 4.78 is 23.4. The quantitative estimate of drug-likeness (QED) is 0.545. The van der Waals surface area contributed by atoms with Gasteiger partial charge in [-0.25, -0.2) is 8.42 Å². The minimum absolute atomic E-state index is 0.0771. The van der Waals surface area contributed by atoms with E-state index in [0.29, 0.717) is 6.42 Å². The van der Waals surface area contributed by atoms with Crippen LogP contribution in [0.3, 0.4) is 0 Å². The Morgan fingerprint density at radius 2 is 2.00 bits per heavy atom. The van der Waals surface area contributed by atoms with Crippen LogP contribution in [-0.2, 0) is 9.84 Å². The molecule has 0 saturated carbocycles. The van der Waals surface area contributed by atoms with E-state index in [9.17, 15) is 18.3 Å². The van der Waals surface area contributed by atoms with Crippen molar-refractivity contribution in [1.29, 1.82) is 0 Å². The molecule has 0 aliphatic rings. The Morgan fingerprint density at radius 3 is 2.43 bits per heavy atom. The molecular formula is C12H16ClN3O4S. The summed E-state index contributed by atoms with van der Waals surface area (Å²) in [5, 5.41) is 9.84. The van der Waals surface area contributed by atoms with E-state index in [2.05, 4.69) is 4.99 Å². The maximum absolute atomic E-state index is 11.9. The van der Waals surface area contributed by atoms with Gasteiger partial charge in [0.25, 0.3) is 5.91 Å². The number of nitrogens with zero attached hydrogens (tertiary/aromatic N) is 1. The molecule has 1 atom stereocenters. The highest BCUT2D eigenvalue weighted by Crippen LogP contribution is 2.32. The summed E-state index contributed by atoms with van der Waals surface area (Å²) in [5.74, 6) is -1.35. The second-order valence-corrected chi connectivity index (χ2v) is 6.81. The number of aliphatic imine (C=N–C) groups is 1. The molecule has 0 bridgehead atoms. The lowest BCUT2D eigenvalue weighted by atomic mass is 10.0. The molecule has 0 radical (unpaired) electrons. The average molecular weight is 334 g/mol. The van der Waals surface area contributed by atoms with Crippen LogP contribution in [0.4, 0.5) is 0 Å². The van der Waals surface area contributed by atoms with Crippen LogP contribution in [0.2, 0.25) is 5.02 Å². The number of rotatable bonds is 4. The van der Waals surface area contributed by atoms with Crippen LogP contribution in [0.5, 0.6) is 0 Å². The smallest absolute Gasteiger partial charge is 0.281 e. The highest BCUT2D eigenvalue weighted by atomic mass is 35.5. The van der Waals surface area contributed by atoms with Gasteiger partial charge in [0.1, 0.15) is 0 Å². The number of benzene rings is 1. The predicted octanol–water partition coefficient (Wildman–Crippen LogP) is 0.601. The van der Waals surface area contributed by atoms with Gasteiger partial charge in [0.05, 0.1) is 21.6 Å². The van der Waals surface area contributed by atoms with Gasteiger partial charge in [-0.05, 0) is 18.6 Å². The Bertz CT molecular complexity index is 697. The molecule has 116 valence electrons. The standard InChI is InChI=1S/C12H16ClN3O4S/c1-3-9(17)7-4-6(21(2,19)20)5-8(10(7)13)11(18)16-12(14)15/h4-5,9,17H,3H2,1-2H3,(H4,14,15,16,18). The molecule has 0 saturated heterocycles. The van der Waals surface area contributed by atoms with Crippen LogP contribution in [0.1, 0.15) is 35.4 Å². The van der Waals surface area contributed by atoms with Crippen LogP contribution in [0.25, 0.3) is 0 Å². The van der Waals surface area contributed by atoms with Crippen molar-refractivity contribution in [3.63, 3.8) is 0 Å². The normalized spacial score (nSPS) is 12.8. The van der Waals surface area contributed by atoms with Gasteiger partial charge in [-0.3, -0.25) is 4.79 Å². The molecule has 0 spiro atoms. The highest BCUT2D eigenvalue weighted by Gasteiger charge is 2.22. The van der Waals surface area contributed by atoms with E-state index in [1.165, 1.54) is 6.07 Å². The Labute approximate surface area is 127 Å². The van der Waals surface area contributed by atoms with Crippen molar-refractivity contribution in [2.45, 2.75) is 24.3 Å². The average Bonchev–Trinajstić information content (AvgIpc) is 2.35. The molecule has 0 aliphatic heterocycles. The Kier molecular flexibility index (Phi) is 5.32. The van der Waals surface area contributed by atoms with E-state index >= 15 is 0 Å². The summed E-state index contributed by atoms with van der Waals surface area (Å²) >= 11 is 6.06. The molecule has 5 N–H and O–H groups in total. The lowest BCUT2D eigenvalue weighted by Gasteiger charge is -2.14. The van der Waals surface area contributed by atoms with Crippen LogP contribution >= 0.6 is 11.6 Å². The second-order valence-electron chi connectivity index (χ2n) is 4.41. The van der Waals surface area contributed by atoms with Crippen LogP contribution in [0, 0.1) is 0 Å². The summed E-state index contributed by atoms with van der Waals surface area (Å²) in [6.07, 6.45) is 0.265. The number of guanidine groups is 1. The van der Waals surface area contributed by atoms with Crippen LogP contribution < -0.4 is 11.5 Å². The number of aliphatic hydroxyl groups excluding tert-OH is 1. The third-order valence-corrected chi connectivity index (χ3v) is 4.22. The first-order chi connectivity index (χ1) is 9.57. The van der Waals surface area contributed by atoms with E-state index in [1.54, 1.807) is 6.92 Å². The third kappa shape index (κ3) is 4.16. The van der Waals surface area contributed by atoms with E-state index in [4.69, 9.17) is 23.1 Å². The predicted molar refractivity (Wildman–Crippen MR) is 80.0 cm³/mol. The fraction of sp³-hybridized carbons (Fsp3) is 0.333. The number of aliphatic hydroxyl groups is 1. The van der Waals surface area contributed by atoms with E-state index in [-0.39, 0.29) is 21.0 Å². The van der Waals surface area contributed by atoms with E-state index in [1.807, 2.05) is 0 Å². The molecule has 0 aromatic heterocycles. The van der Waals surface area contributed by atoms with Gasteiger partial charge in [-0.2, -0.15) is 4.99 Å². The first-order valence-electron chi connectivity index (χ1n) is 5.93. The molecule has 1 rings (SSSR count). The lowest BCUT2D eigenvalue weighted by molar-refractivity contribution is 0.100. The molecule has 1 amide bonds. The molecule has 1 unspecified atom stereocenters. The molecule has 0 heterocycles. The maximum Gasteiger partial charge on any atom is 0.281 e. The summed E-state index contributed by atoms with van der Waals surface area (Å²) in [7, 11) is -3.60. The summed E-state index contributed by atoms with van der Waals surface area (Å²) in [6, 6.07) is 2.32. The first-order valence-corrected chi connectivity index (χ1v) is 8.20. The highest BCUT2D eigenvalue weighted by molar-refractivity contribution is 7.90. The number of carbonyl (C=O) groups is 1. The van der Waals surface area contributed by atoms with Crippen molar-refractivity contribution >= 4 is 33.3 Å². The second kappa shape index (κ2) is 6.42. The fourth-order valence-electron chi connectivity index (χ4n) is 1.63. The molecule has 9 heteroatoms. The number of amides is 1. The number of sulfone groups is 1. The van der Waals surface area contributed by atoms with Crippen molar-refractivity contribution in [3.8, 4) is 0 Å². The molecule has 0 fully saturated rings. The minimum Gasteiger partial charge on any atom is -0.388 e. The van der Waals surface area contributed by atoms with Crippen molar-refractivity contribution in [2.24, 2.45) is 16.5 Å². The topological polar surface area (TPSA) is 136 Å².